The maximum absolute atomic E-state index is 12.8. The maximum atomic E-state index is 12.8. The van der Waals surface area contributed by atoms with Gasteiger partial charge in [-0.15, -0.1) is 0 Å². The van der Waals surface area contributed by atoms with Gasteiger partial charge in [0, 0.05) is 32.6 Å². The lowest BCUT2D eigenvalue weighted by atomic mass is 9.82. The molecule has 2 aliphatic heterocycles. The molecule has 2 saturated carbocycles. The van der Waals surface area contributed by atoms with Gasteiger partial charge in [0.05, 0.1) is 5.92 Å². The van der Waals surface area contributed by atoms with Crippen molar-refractivity contribution in [3.8, 4) is 0 Å². The summed E-state index contributed by atoms with van der Waals surface area (Å²) in [6.07, 6.45) is 8.46. The van der Waals surface area contributed by atoms with Gasteiger partial charge in [0.1, 0.15) is 5.54 Å². The Morgan fingerprint density at radius 1 is 1.07 bits per heavy atom. The second kappa shape index (κ2) is 8.32. The van der Waals surface area contributed by atoms with Crippen molar-refractivity contribution < 1.29 is 19.2 Å². The molecule has 0 aromatic rings. The Kier molecular flexibility index (Phi) is 5.79. The molecule has 0 bridgehead atoms. The first kappa shape index (κ1) is 20.2. The van der Waals surface area contributed by atoms with Crippen LogP contribution in [0.2, 0.25) is 0 Å². The van der Waals surface area contributed by atoms with Gasteiger partial charge in [0.15, 0.2) is 0 Å². The second-order valence-corrected chi connectivity index (χ2v) is 9.15. The van der Waals surface area contributed by atoms with Gasteiger partial charge in [-0.1, -0.05) is 19.3 Å². The molecule has 8 heteroatoms. The highest BCUT2D eigenvalue weighted by Gasteiger charge is 2.51. The lowest BCUT2D eigenvalue weighted by Gasteiger charge is -2.32. The summed E-state index contributed by atoms with van der Waals surface area (Å²) in [6.45, 7) is 1.92. The van der Waals surface area contributed by atoms with Crippen molar-refractivity contribution in [1.82, 2.24) is 20.4 Å². The Labute approximate surface area is 171 Å². The molecule has 0 aromatic heterocycles. The number of carbonyl (C=O) groups excluding carboxylic acids is 4. The number of nitrogens with zero attached hydrogens (tertiary/aromatic N) is 2. The molecule has 5 amide bonds. The van der Waals surface area contributed by atoms with E-state index in [9.17, 15) is 19.2 Å². The molecule has 2 aliphatic carbocycles. The topological polar surface area (TPSA) is 98.8 Å². The number of urea groups is 1. The van der Waals surface area contributed by atoms with E-state index in [0.29, 0.717) is 31.8 Å². The van der Waals surface area contributed by atoms with Crippen LogP contribution in [0.5, 0.6) is 0 Å². The highest BCUT2D eigenvalue weighted by Crippen LogP contribution is 2.33. The molecular weight excluding hydrogens is 372 g/mol. The van der Waals surface area contributed by atoms with Gasteiger partial charge in [-0.25, -0.2) is 4.79 Å². The Morgan fingerprint density at radius 3 is 2.55 bits per heavy atom. The van der Waals surface area contributed by atoms with Crippen LogP contribution in [0.25, 0.3) is 0 Å². The van der Waals surface area contributed by atoms with Crippen molar-refractivity contribution in [2.24, 2.45) is 11.8 Å². The predicted molar refractivity (Wildman–Crippen MR) is 106 cm³/mol. The van der Waals surface area contributed by atoms with Gasteiger partial charge < -0.3 is 15.5 Å². The van der Waals surface area contributed by atoms with Crippen molar-refractivity contribution >= 4 is 23.8 Å². The van der Waals surface area contributed by atoms with E-state index < -0.39 is 5.54 Å². The van der Waals surface area contributed by atoms with E-state index >= 15 is 0 Å². The molecule has 0 unspecified atom stereocenters. The van der Waals surface area contributed by atoms with Gasteiger partial charge in [-0.3, -0.25) is 19.3 Å². The molecule has 2 heterocycles. The lowest BCUT2D eigenvalue weighted by Crippen LogP contribution is -2.48. The minimum atomic E-state index is -0.742. The van der Waals surface area contributed by atoms with Crippen molar-refractivity contribution in [2.75, 3.05) is 26.2 Å². The summed E-state index contributed by atoms with van der Waals surface area (Å²) in [6, 6.07) is -0.374. The molecule has 1 atom stereocenters. The third-order valence-corrected chi connectivity index (χ3v) is 6.91. The van der Waals surface area contributed by atoms with Crippen LogP contribution in [0.4, 0.5) is 4.79 Å². The van der Waals surface area contributed by atoms with Crippen molar-refractivity contribution in [3.05, 3.63) is 0 Å². The van der Waals surface area contributed by atoms with E-state index in [1.165, 1.54) is 17.7 Å². The zero-order valence-electron chi connectivity index (χ0n) is 17.1. The van der Waals surface area contributed by atoms with Gasteiger partial charge >= 0.3 is 6.03 Å². The van der Waals surface area contributed by atoms with E-state index in [-0.39, 0.29) is 42.6 Å². The zero-order valence-corrected chi connectivity index (χ0v) is 17.1. The number of amides is 5. The van der Waals surface area contributed by atoms with Crippen LogP contribution >= 0.6 is 0 Å². The third kappa shape index (κ3) is 4.41. The fourth-order valence-electron chi connectivity index (χ4n) is 4.87. The number of imide groups is 1. The van der Waals surface area contributed by atoms with Crippen LogP contribution < -0.4 is 10.6 Å². The van der Waals surface area contributed by atoms with Crippen molar-refractivity contribution in [3.63, 3.8) is 0 Å². The maximum Gasteiger partial charge on any atom is 0.325 e. The summed E-state index contributed by atoms with van der Waals surface area (Å²) in [5.41, 5.74) is -0.742. The number of carbonyl (C=O) groups is 4. The minimum Gasteiger partial charge on any atom is -0.356 e. The fourth-order valence-corrected chi connectivity index (χ4v) is 4.87. The normalized spacial score (nSPS) is 26.6. The van der Waals surface area contributed by atoms with Crippen molar-refractivity contribution in [1.29, 1.82) is 0 Å². The van der Waals surface area contributed by atoms with Crippen LogP contribution in [0.1, 0.15) is 64.2 Å². The molecule has 0 aromatic carbocycles. The summed E-state index contributed by atoms with van der Waals surface area (Å²) in [7, 11) is 0. The first-order valence-corrected chi connectivity index (χ1v) is 11.2. The molecule has 4 fully saturated rings. The number of likely N-dealkylation sites (tertiary alicyclic amines) is 1. The average Bonchev–Trinajstić information content (AvgIpc) is 3.53. The van der Waals surface area contributed by atoms with Gasteiger partial charge in [-0.2, -0.15) is 0 Å². The molecule has 160 valence electrons. The van der Waals surface area contributed by atoms with Gasteiger partial charge in [-0.05, 0) is 44.4 Å². The monoisotopic (exact) mass is 404 g/mol. The number of hydrogen-bond acceptors (Lipinski definition) is 4. The van der Waals surface area contributed by atoms with Crippen LogP contribution in [-0.2, 0) is 14.4 Å². The van der Waals surface area contributed by atoms with E-state index in [1.807, 2.05) is 0 Å². The molecular formula is C21H32N4O4. The number of piperidine rings is 1. The number of hydrogen-bond donors (Lipinski definition) is 2. The SMILES string of the molecule is O=C(NCC1CC1)[C@@H]1CCCN(C(=O)CCN2C(=O)NC3(CCCCC3)C2=O)C1. The van der Waals surface area contributed by atoms with E-state index in [2.05, 4.69) is 10.6 Å². The Morgan fingerprint density at radius 2 is 1.83 bits per heavy atom. The molecule has 4 rings (SSSR count). The summed E-state index contributed by atoms with van der Waals surface area (Å²) < 4.78 is 0. The second-order valence-electron chi connectivity index (χ2n) is 9.15. The number of rotatable bonds is 6. The smallest absolute Gasteiger partial charge is 0.325 e. The molecule has 1 spiro atoms. The third-order valence-electron chi connectivity index (χ3n) is 6.91. The predicted octanol–water partition coefficient (Wildman–Crippen LogP) is 1.40. The van der Waals surface area contributed by atoms with Crippen molar-refractivity contribution in [2.45, 2.75) is 69.7 Å². The first-order chi connectivity index (χ1) is 14.0. The zero-order chi connectivity index (χ0) is 20.4. The largest absolute Gasteiger partial charge is 0.356 e. The molecule has 4 aliphatic rings. The van der Waals surface area contributed by atoms with Crippen LogP contribution in [-0.4, -0.2) is 65.3 Å². The van der Waals surface area contributed by atoms with E-state index in [1.54, 1.807) is 4.90 Å². The number of nitrogens with one attached hydrogen (secondary N) is 2. The molecule has 0 radical (unpaired) electrons. The molecule has 2 N–H and O–H groups in total. The highest BCUT2D eigenvalue weighted by molar-refractivity contribution is 6.07. The quantitative estimate of drug-likeness (QED) is 0.654. The summed E-state index contributed by atoms with van der Waals surface area (Å²) >= 11 is 0. The van der Waals surface area contributed by atoms with E-state index in [0.717, 1.165) is 38.6 Å². The average molecular weight is 405 g/mol. The van der Waals surface area contributed by atoms with E-state index in [4.69, 9.17) is 0 Å². The van der Waals surface area contributed by atoms with Crippen LogP contribution in [0, 0.1) is 11.8 Å². The molecule has 8 nitrogen and oxygen atoms in total. The standard InChI is InChI=1S/C21H32N4O4/c26-17(24-11-4-5-16(14-24)18(27)22-13-15-6-7-15)8-12-25-19(28)21(23-20(25)29)9-2-1-3-10-21/h15-16H,1-14H2,(H,22,27)(H,23,29)/t16-/m1/s1. The summed E-state index contributed by atoms with van der Waals surface area (Å²) in [4.78, 5) is 53.2. The van der Waals surface area contributed by atoms with Crippen LogP contribution in [0.15, 0.2) is 0 Å². The van der Waals surface area contributed by atoms with Gasteiger partial charge in [0.25, 0.3) is 5.91 Å². The molecule has 29 heavy (non-hydrogen) atoms. The Hall–Kier alpha value is -2.12. The Balaban J connectivity index is 1.27. The highest BCUT2D eigenvalue weighted by atomic mass is 16.2. The summed E-state index contributed by atoms with van der Waals surface area (Å²) in [5, 5.41) is 5.89. The minimum absolute atomic E-state index is 0.0442. The first-order valence-electron chi connectivity index (χ1n) is 11.2. The Bertz CT molecular complexity index is 684. The van der Waals surface area contributed by atoms with Crippen LogP contribution in [0.3, 0.4) is 0 Å². The van der Waals surface area contributed by atoms with Gasteiger partial charge in [0.2, 0.25) is 11.8 Å². The molecule has 2 saturated heterocycles. The summed E-state index contributed by atoms with van der Waals surface area (Å²) in [5.74, 6) is 0.258. The lowest BCUT2D eigenvalue weighted by molar-refractivity contribution is -0.136. The fraction of sp³-hybridized carbons (Fsp3) is 0.810.